The highest BCUT2D eigenvalue weighted by molar-refractivity contribution is 7.19. The standard InChI is InChI=1S/C29H28ClN3O3S/c1-29(2)24-25(29)28(35)33(27(24)34)13-18-12-21-26(37-18)19(5-8-32-21)20-10-17(30)11-22-23(20)16(14-36-22)9-15-3-6-31-7-4-15/h5,8,10-12,14-15,24-25,31H,3-4,6-7,9,13H2,1-2H3. The number of hydrogen-bond donors (Lipinski definition) is 1. The molecule has 3 aliphatic rings. The second kappa shape index (κ2) is 8.38. The van der Waals surface area contributed by atoms with Crippen molar-refractivity contribution in [2.45, 2.75) is 39.7 Å². The Morgan fingerprint density at radius 1 is 1.14 bits per heavy atom. The first-order valence-corrected chi connectivity index (χ1v) is 14.2. The second-order valence-electron chi connectivity index (χ2n) is 11.3. The number of nitrogens with one attached hydrogen (secondary N) is 1. The lowest BCUT2D eigenvalue weighted by Gasteiger charge is -2.22. The van der Waals surface area contributed by atoms with Gasteiger partial charge in [-0.1, -0.05) is 25.4 Å². The largest absolute Gasteiger partial charge is 0.464 e. The maximum atomic E-state index is 12.9. The van der Waals surface area contributed by atoms with Crippen LogP contribution in [0.5, 0.6) is 0 Å². The van der Waals surface area contributed by atoms with Crippen molar-refractivity contribution in [1.82, 2.24) is 15.2 Å². The van der Waals surface area contributed by atoms with E-state index in [4.69, 9.17) is 16.0 Å². The third-order valence-corrected chi connectivity index (χ3v) is 10.0. The summed E-state index contributed by atoms with van der Waals surface area (Å²) in [7, 11) is 0. The van der Waals surface area contributed by atoms with Crippen molar-refractivity contribution in [3.8, 4) is 11.1 Å². The van der Waals surface area contributed by atoms with E-state index in [1.54, 1.807) is 11.3 Å². The monoisotopic (exact) mass is 533 g/mol. The normalized spacial score (nSPS) is 23.4. The van der Waals surface area contributed by atoms with Crippen LogP contribution in [0.2, 0.25) is 5.02 Å². The Balaban J connectivity index is 1.27. The molecule has 0 spiro atoms. The lowest BCUT2D eigenvalue weighted by atomic mass is 9.89. The number of thiophene rings is 1. The van der Waals surface area contributed by atoms with Crippen LogP contribution in [0.25, 0.3) is 32.3 Å². The van der Waals surface area contributed by atoms with Gasteiger partial charge in [0.2, 0.25) is 11.8 Å². The smallest absolute Gasteiger partial charge is 0.234 e. The number of halogens is 1. The van der Waals surface area contributed by atoms with Crippen LogP contribution in [0.4, 0.5) is 0 Å². The quantitative estimate of drug-likeness (QED) is 0.316. The van der Waals surface area contributed by atoms with E-state index in [0.717, 1.165) is 69.5 Å². The molecule has 3 fully saturated rings. The number of piperidine rings is 2. The fourth-order valence-corrected chi connectivity index (χ4v) is 7.89. The van der Waals surface area contributed by atoms with Crippen LogP contribution in [0, 0.1) is 23.2 Å². The number of rotatable bonds is 5. The van der Waals surface area contributed by atoms with Gasteiger partial charge in [-0.3, -0.25) is 19.5 Å². The van der Waals surface area contributed by atoms with E-state index < -0.39 is 0 Å². The van der Waals surface area contributed by atoms with Gasteiger partial charge in [0.1, 0.15) is 5.58 Å². The fourth-order valence-electron chi connectivity index (χ4n) is 6.55. The Morgan fingerprint density at radius 3 is 2.65 bits per heavy atom. The molecule has 1 aliphatic carbocycles. The van der Waals surface area contributed by atoms with Crippen LogP contribution in [-0.2, 0) is 22.6 Å². The molecule has 2 amide bonds. The van der Waals surface area contributed by atoms with Crippen LogP contribution in [0.3, 0.4) is 0 Å². The molecule has 4 aromatic rings. The number of furan rings is 1. The highest BCUT2D eigenvalue weighted by Gasteiger charge is 2.72. The van der Waals surface area contributed by atoms with Crippen molar-refractivity contribution in [2.75, 3.05) is 13.1 Å². The number of carbonyl (C=O) groups excluding carboxylic acids is 2. The first-order chi connectivity index (χ1) is 17.8. The number of aromatic nitrogens is 1. The molecule has 8 heteroatoms. The number of benzene rings is 1. The molecule has 2 aliphatic heterocycles. The van der Waals surface area contributed by atoms with E-state index in [2.05, 4.69) is 10.3 Å². The van der Waals surface area contributed by atoms with Crippen molar-refractivity contribution in [2.24, 2.45) is 23.2 Å². The molecule has 2 unspecified atom stereocenters. The van der Waals surface area contributed by atoms with Crippen LogP contribution >= 0.6 is 22.9 Å². The lowest BCUT2D eigenvalue weighted by molar-refractivity contribution is -0.143. The molecular formula is C29H28ClN3O3S. The molecular weight excluding hydrogens is 506 g/mol. The van der Waals surface area contributed by atoms with Gasteiger partial charge in [-0.25, -0.2) is 0 Å². The molecule has 190 valence electrons. The highest BCUT2D eigenvalue weighted by Crippen LogP contribution is 2.63. The summed E-state index contributed by atoms with van der Waals surface area (Å²) >= 11 is 8.15. The molecule has 0 radical (unpaired) electrons. The molecule has 6 nitrogen and oxygen atoms in total. The minimum absolute atomic E-state index is 0.0388. The van der Waals surface area contributed by atoms with Crippen molar-refractivity contribution in [3.63, 3.8) is 0 Å². The summed E-state index contributed by atoms with van der Waals surface area (Å²) in [6.45, 7) is 6.43. The summed E-state index contributed by atoms with van der Waals surface area (Å²) in [5.41, 5.74) is 4.75. The Morgan fingerprint density at radius 2 is 1.89 bits per heavy atom. The lowest BCUT2D eigenvalue weighted by Crippen LogP contribution is -2.35. The molecule has 1 saturated carbocycles. The number of fused-ring (bicyclic) bond motifs is 3. The molecule has 0 bridgehead atoms. The van der Waals surface area contributed by atoms with Gasteiger partial charge < -0.3 is 9.73 Å². The molecule has 2 atom stereocenters. The number of pyridine rings is 1. The Labute approximate surface area is 224 Å². The average Bonchev–Trinajstić information content (AvgIpc) is 3.23. The fraction of sp³-hybridized carbons (Fsp3) is 0.414. The highest BCUT2D eigenvalue weighted by atomic mass is 35.5. The van der Waals surface area contributed by atoms with E-state index in [-0.39, 0.29) is 29.1 Å². The topological polar surface area (TPSA) is 75.4 Å². The number of likely N-dealkylation sites (tertiary alicyclic amines) is 1. The molecule has 37 heavy (non-hydrogen) atoms. The van der Waals surface area contributed by atoms with Crippen LogP contribution in [-0.4, -0.2) is 34.8 Å². The zero-order valence-corrected chi connectivity index (χ0v) is 22.4. The molecule has 5 heterocycles. The Kier molecular flexibility index (Phi) is 5.30. The third kappa shape index (κ3) is 3.66. The van der Waals surface area contributed by atoms with E-state index in [0.29, 0.717) is 17.5 Å². The minimum atomic E-state index is -0.200. The van der Waals surface area contributed by atoms with Crippen molar-refractivity contribution < 1.29 is 14.0 Å². The van der Waals surface area contributed by atoms with Gasteiger partial charge in [0.05, 0.1) is 34.9 Å². The van der Waals surface area contributed by atoms with Crippen molar-refractivity contribution in [1.29, 1.82) is 0 Å². The predicted molar refractivity (Wildman–Crippen MR) is 145 cm³/mol. The SMILES string of the molecule is CC1(C)C2C(=O)N(Cc3cc4nccc(-c5cc(Cl)cc6occ(CC7CCNCC7)c56)c4s3)C(=O)C21. The summed E-state index contributed by atoms with van der Waals surface area (Å²) in [5.74, 6) is 0.221. The molecule has 1 aromatic carbocycles. The number of amides is 2. The number of nitrogens with zero attached hydrogens (tertiary/aromatic N) is 2. The first kappa shape index (κ1) is 23.4. The number of carbonyl (C=O) groups is 2. The Bertz CT molecular complexity index is 1560. The van der Waals surface area contributed by atoms with Gasteiger partial charge in [0, 0.05) is 33.1 Å². The van der Waals surface area contributed by atoms with Gasteiger partial charge in [0.15, 0.2) is 0 Å². The van der Waals surface area contributed by atoms with Crippen molar-refractivity contribution >= 4 is 55.9 Å². The third-order valence-electron chi connectivity index (χ3n) is 8.64. The van der Waals surface area contributed by atoms with Crippen molar-refractivity contribution in [3.05, 3.63) is 52.2 Å². The van der Waals surface area contributed by atoms with E-state index in [9.17, 15) is 9.59 Å². The van der Waals surface area contributed by atoms with Crippen LogP contribution in [0.1, 0.15) is 37.1 Å². The summed E-state index contributed by atoms with van der Waals surface area (Å²) < 4.78 is 7.03. The van der Waals surface area contributed by atoms with Crippen LogP contribution < -0.4 is 5.32 Å². The van der Waals surface area contributed by atoms with Gasteiger partial charge in [-0.2, -0.15) is 0 Å². The maximum Gasteiger partial charge on any atom is 0.234 e. The molecule has 1 N–H and O–H groups in total. The summed E-state index contributed by atoms with van der Waals surface area (Å²) in [6.07, 6.45) is 7.01. The van der Waals surface area contributed by atoms with Gasteiger partial charge >= 0.3 is 0 Å². The molecule has 3 aromatic heterocycles. The van der Waals surface area contributed by atoms with Gasteiger partial charge in [0.25, 0.3) is 0 Å². The van der Waals surface area contributed by atoms with Crippen LogP contribution in [0.15, 0.2) is 41.1 Å². The molecule has 7 rings (SSSR count). The second-order valence-corrected chi connectivity index (χ2v) is 12.9. The zero-order chi connectivity index (χ0) is 25.5. The summed E-state index contributed by atoms with van der Waals surface area (Å²) in [5, 5.41) is 5.18. The Hall–Kier alpha value is -2.74. The summed E-state index contributed by atoms with van der Waals surface area (Å²) in [6, 6.07) is 7.94. The molecule has 2 saturated heterocycles. The van der Waals surface area contributed by atoms with Gasteiger partial charge in [-0.05, 0) is 73.0 Å². The minimum Gasteiger partial charge on any atom is -0.464 e. The average molecular weight is 534 g/mol. The first-order valence-electron chi connectivity index (χ1n) is 13.0. The van der Waals surface area contributed by atoms with Gasteiger partial charge in [-0.15, -0.1) is 11.3 Å². The zero-order valence-electron chi connectivity index (χ0n) is 20.8. The number of imide groups is 1. The van der Waals surface area contributed by atoms with E-state index >= 15 is 0 Å². The summed E-state index contributed by atoms with van der Waals surface area (Å²) in [4.78, 5) is 32.8. The maximum absolute atomic E-state index is 12.9. The van der Waals surface area contributed by atoms with E-state index in [1.807, 2.05) is 50.6 Å². The number of hydrogen-bond acceptors (Lipinski definition) is 6. The predicted octanol–water partition coefficient (Wildman–Crippen LogP) is 6.05. The van der Waals surface area contributed by atoms with E-state index in [1.165, 1.54) is 10.5 Å².